The highest BCUT2D eigenvalue weighted by atomic mass is 79.9. The van der Waals surface area contributed by atoms with E-state index < -0.39 is 12.1 Å². The van der Waals surface area contributed by atoms with Crippen molar-refractivity contribution in [3.05, 3.63) is 129 Å². The summed E-state index contributed by atoms with van der Waals surface area (Å²) in [5.41, 5.74) is 7.44. The van der Waals surface area contributed by atoms with E-state index in [4.69, 9.17) is 9.47 Å². The highest BCUT2D eigenvalue weighted by Crippen LogP contribution is 2.36. The van der Waals surface area contributed by atoms with Gasteiger partial charge >= 0.3 is 0 Å². The smallest absolute Gasteiger partial charge is 0.255 e. The molecule has 4 aromatic carbocycles. The van der Waals surface area contributed by atoms with Gasteiger partial charge in [-0.2, -0.15) is 23.5 Å². The van der Waals surface area contributed by atoms with Gasteiger partial charge in [0.2, 0.25) is 0 Å². The first kappa shape index (κ1) is 53.6. The third-order valence-corrected chi connectivity index (χ3v) is 15.9. The molecule has 2 unspecified atom stereocenters. The molecule has 4 aromatic rings. The number of hydrogen-bond acceptors (Lipinski definition) is 11. The van der Waals surface area contributed by atoms with Crippen LogP contribution in [-0.4, -0.2) is 97.8 Å². The largest absolute Gasteiger partial charge is 0.489 e. The fourth-order valence-electron chi connectivity index (χ4n) is 9.30. The van der Waals surface area contributed by atoms with Crippen molar-refractivity contribution in [3.63, 3.8) is 0 Å². The molecule has 368 valence electrons. The number of benzene rings is 4. The van der Waals surface area contributed by atoms with Gasteiger partial charge in [-0.05, 0) is 83.7 Å². The summed E-state index contributed by atoms with van der Waals surface area (Å²) in [4.78, 5) is 79.3. The number of nitrogens with zero attached hydrogens (tertiary/aromatic N) is 3. The summed E-state index contributed by atoms with van der Waals surface area (Å²) >= 11 is 7.55. The molecule has 4 fully saturated rings. The fraction of sp³-hybridized carbons (Fsp3) is 0.455. The van der Waals surface area contributed by atoms with Gasteiger partial charge in [0.1, 0.15) is 36.3 Å². The molecule has 2 saturated heterocycles. The van der Waals surface area contributed by atoms with Crippen LogP contribution in [0.5, 0.6) is 11.5 Å². The standard InChI is InChI=1S/C26H28N2O4S.C22H20BrNO4.C5H10S.2CH4/c29-20-8-9-23(24(30)14-20)28-16-22-21(26(28)31)2-1-3-25(22)32-17-19-6-4-18(5-7-19)15-27-10-12-33-13-11-27;23-11-14-4-6-15(7-5-14)13-28-21-3-1-2-17-18(21)12-24(22(17)27)19-9-8-16(25)10-20(19)26;1-2-4-6-5-3-1;;/h1-7,23H,8-17H2;1-7,19H,8-13H2;1-5H2;2*1H4. The second-order valence-corrected chi connectivity index (χ2v) is 20.8. The Balaban J connectivity index is 0.000000199. The lowest BCUT2D eigenvalue weighted by Crippen LogP contribution is -2.44. The molecule has 2 saturated carbocycles. The van der Waals surface area contributed by atoms with Crippen molar-refractivity contribution < 1.29 is 38.2 Å². The highest BCUT2D eigenvalue weighted by Gasteiger charge is 2.41. The van der Waals surface area contributed by atoms with Gasteiger partial charge in [0, 0.05) is 71.6 Å². The molecule has 2 atom stereocenters. The maximum Gasteiger partial charge on any atom is 0.255 e. The van der Waals surface area contributed by atoms with E-state index in [0.29, 0.717) is 74.6 Å². The number of halogens is 1. The van der Waals surface area contributed by atoms with Crippen LogP contribution in [0.1, 0.15) is 127 Å². The number of rotatable bonds is 11. The number of ketones is 4. The van der Waals surface area contributed by atoms with Crippen LogP contribution >= 0.6 is 39.5 Å². The van der Waals surface area contributed by atoms with Crippen LogP contribution in [0.4, 0.5) is 0 Å². The van der Waals surface area contributed by atoms with Crippen molar-refractivity contribution in [3.8, 4) is 11.5 Å². The zero-order chi connectivity index (χ0) is 46.7. The molecule has 10 rings (SSSR count). The van der Waals surface area contributed by atoms with Gasteiger partial charge in [-0.1, -0.05) is 97.9 Å². The molecule has 4 heterocycles. The first-order valence-electron chi connectivity index (χ1n) is 23.4. The first-order valence-corrected chi connectivity index (χ1v) is 26.9. The van der Waals surface area contributed by atoms with Crippen molar-refractivity contribution in [1.82, 2.24) is 14.7 Å². The van der Waals surface area contributed by atoms with Crippen molar-refractivity contribution in [2.45, 2.75) is 123 Å². The van der Waals surface area contributed by atoms with Gasteiger partial charge in [0.05, 0.1) is 38.0 Å². The minimum atomic E-state index is -0.513. The number of ether oxygens (including phenoxy) is 2. The summed E-state index contributed by atoms with van der Waals surface area (Å²) in [6.07, 6.45) is 5.79. The lowest BCUT2D eigenvalue weighted by atomic mass is 9.92. The molecule has 2 aliphatic carbocycles. The Morgan fingerprint density at radius 3 is 1.38 bits per heavy atom. The van der Waals surface area contributed by atoms with E-state index in [1.807, 2.05) is 54.2 Å². The average molecular weight is 1040 g/mol. The van der Waals surface area contributed by atoms with Gasteiger partial charge < -0.3 is 19.3 Å². The Morgan fingerprint density at radius 2 is 0.971 bits per heavy atom. The van der Waals surface area contributed by atoms with Gasteiger partial charge in [0.25, 0.3) is 11.8 Å². The molecule has 0 bridgehead atoms. The van der Waals surface area contributed by atoms with Crippen LogP contribution in [0.2, 0.25) is 0 Å². The van der Waals surface area contributed by atoms with E-state index in [9.17, 15) is 28.8 Å². The first-order chi connectivity index (χ1) is 32.6. The van der Waals surface area contributed by atoms with Crippen molar-refractivity contribution >= 4 is 74.4 Å². The monoisotopic (exact) mass is 1040 g/mol. The number of hydrogen-bond donors (Lipinski definition) is 0. The molecule has 69 heavy (non-hydrogen) atoms. The molecule has 0 radical (unpaired) electrons. The average Bonchev–Trinajstić information content (AvgIpc) is 3.88. The maximum absolute atomic E-state index is 13.0. The minimum absolute atomic E-state index is 0. The molecule has 0 aromatic heterocycles. The van der Waals surface area contributed by atoms with Crippen LogP contribution in [-0.2, 0) is 57.4 Å². The fourth-order valence-corrected chi connectivity index (χ4v) is 11.7. The summed E-state index contributed by atoms with van der Waals surface area (Å²) in [5, 5.41) is 0.809. The number of amides is 2. The Bertz CT molecular complexity index is 2430. The van der Waals surface area contributed by atoms with E-state index >= 15 is 0 Å². The molecular formula is C55H66BrN3O8S2. The Kier molecular flexibility index (Phi) is 20.1. The van der Waals surface area contributed by atoms with Crippen LogP contribution in [0.25, 0.3) is 0 Å². The van der Waals surface area contributed by atoms with Gasteiger partial charge in [-0.25, -0.2) is 0 Å². The van der Waals surface area contributed by atoms with Crippen LogP contribution in [0.15, 0.2) is 84.9 Å². The van der Waals surface area contributed by atoms with Gasteiger partial charge in [-0.3, -0.25) is 33.7 Å². The summed E-state index contributed by atoms with van der Waals surface area (Å²) in [6.45, 7) is 4.79. The normalized spacial score (nSPS) is 20.1. The van der Waals surface area contributed by atoms with E-state index in [1.54, 1.807) is 28.0 Å². The summed E-state index contributed by atoms with van der Waals surface area (Å²) in [7, 11) is 0. The van der Waals surface area contributed by atoms with E-state index in [2.05, 4.69) is 56.9 Å². The Hall–Kier alpha value is -4.76. The molecule has 2 amide bonds. The summed E-state index contributed by atoms with van der Waals surface area (Å²) < 4.78 is 12.1. The number of carbonyl (C=O) groups excluding carboxylic acids is 6. The maximum atomic E-state index is 13.0. The van der Waals surface area contributed by atoms with Gasteiger partial charge in [0.15, 0.2) is 11.6 Å². The second kappa shape index (κ2) is 25.9. The molecular weight excluding hydrogens is 975 g/mol. The number of fused-ring (bicyclic) bond motifs is 2. The molecule has 0 spiro atoms. The van der Waals surface area contributed by atoms with Crippen molar-refractivity contribution in [2.75, 3.05) is 36.1 Å². The molecule has 4 aliphatic heterocycles. The Labute approximate surface area is 424 Å². The van der Waals surface area contributed by atoms with Gasteiger partial charge in [-0.15, -0.1) is 0 Å². The molecule has 14 heteroatoms. The van der Waals surface area contributed by atoms with Crippen molar-refractivity contribution in [2.24, 2.45) is 0 Å². The van der Waals surface area contributed by atoms with E-state index in [0.717, 1.165) is 47.2 Å². The van der Waals surface area contributed by atoms with E-state index in [-0.39, 0.29) is 62.6 Å². The predicted octanol–water partition coefficient (Wildman–Crippen LogP) is 10.4. The minimum Gasteiger partial charge on any atom is -0.489 e. The number of thioether (sulfide) groups is 2. The predicted molar refractivity (Wildman–Crippen MR) is 279 cm³/mol. The number of Topliss-reactive ketones (excluding diaryl/α,β-unsaturated/α-hetero) is 4. The number of alkyl halides is 1. The summed E-state index contributed by atoms with van der Waals surface area (Å²) in [5.74, 6) is 5.89. The van der Waals surface area contributed by atoms with Crippen LogP contribution < -0.4 is 9.47 Å². The summed E-state index contributed by atoms with van der Waals surface area (Å²) in [6, 6.07) is 26.6. The third kappa shape index (κ3) is 13.8. The molecule has 11 nitrogen and oxygen atoms in total. The SMILES string of the molecule is C.C.C1CCSCC1.O=C1CCC(N2Cc3c(OCc4ccc(CBr)cc4)cccc3C2=O)C(=O)C1.O=C1CCC(N2Cc3c(OCc4ccc(CN5CCSCC5)cc4)cccc3C2=O)C(=O)C1. The quantitative estimate of drug-likeness (QED) is 0.105. The molecule has 6 aliphatic rings. The zero-order valence-electron chi connectivity index (χ0n) is 37.9. The van der Waals surface area contributed by atoms with Crippen LogP contribution in [0, 0.1) is 0 Å². The van der Waals surface area contributed by atoms with Crippen LogP contribution in [0.3, 0.4) is 0 Å². The second-order valence-electron chi connectivity index (χ2n) is 17.8. The van der Waals surface area contributed by atoms with E-state index in [1.165, 1.54) is 53.4 Å². The molecule has 0 N–H and O–H groups in total. The lowest BCUT2D eigenvalue weighted by Gasteiger charge is -2.29. The Morgan fingerprint density at radius 1 is 0.536 bits per heavy atom. The topological polar surface area (TPSA) is 131 Å². The highest BCUT2D eigenvalue weighted by molar-refractivity contribution is 9.08. The van der Waals surface area contributed by atoms with Crippen molar-refractivity contribution in [1.29, 1.82) is 0 Å². The third-order valence-electron chi connectivity index (χ3n) is 13.1. The lowest BCUT2D eigenvalue weighted by molar-refractivity contribution is -0.134. The number of carbonyl (C=O) groups is 6. The zero-order valence-corrected chi connectivity index (χ0v) is 41.1.